The molecule has 7 heteroatoms. The zero-order chi connectivity index (χ0) is 22.2. The zero-order valence-corrected chi connectivity index (χ0v) is 19.0. The van der Waals surface area contributed by atoms with E-state index in [1.165, 1.54) is 16.7 Å². The van der Waals surface area contributed by atoms with E-state index in [0.29, 0.717) is 0 Å². The molecule has 0 amide bonds. The lowest BCUT2D eigenvalue weighted by Gasteiger charge is -2.32. The third kappa shape index (κ3) is 5.46. The maximum Gasteiger partial charge on any atom is 0.194 e. The lowest BCUT2D eigenvalue weighted by molar-refractivity contribution is 0.376. The molecule has 0 radical (unpaired) electrons. The average molecular weight is 433 g/mol. The Balaban J connectivity index is 1.42. The molecule has 1 aliphatic heterocycles. The van der Waals surface area contributed by atoms with E-state index >= 15 is 0 Å². The number of nitrogens with zero attached hydrogens (tertiary/aromatic N) is 5. The molecule has 2 aromatic carbocycles. The minimum Gasteiger partial charge on any atom is -0.497 e. The molecule has 1 aliphatic rings. The Morgan fingerprint density at radius 2 is 1.94 bits per heavy atom. The van der Waals surface area contributed by atoms with Crippen LogP contribution in [0, 0.1) is 0 Å². The Morgan fingerprint density at radius 3 is 2.72 bits per heavy atom. The smallest absolute Gasteiger partial charge is 0.194 e. The summed E-state index contributed by atoms with van der Waals surface area (Å²) in [6.07, 6.45) is 4.62. The normalized spacial score (nSPS) is 13.7. The van der Waals surface area contributed by atoms with Crippen LogP contribution in [0.5, 0.6) is 5.75 Å². The molecule has 0 atom stereocenters. The molecule has 168 valence electrons. The second-order valence-electron chi connectivity index (χ2n) is 7.96. The van der Waals surface area contributed by atoms with Crippen LogP contribution in [-0.4, -0.2) is 52.4 Å². The van der Waals surface area contributed by atoms with Gasteiger partial charge in [0.1, 0.15) is 17.9 Å². The van der Waals surface area contributed by atoms with Crippen molar-refractivity contribution in [3.63, 3.8) is 0 Å². The van der Waals surface area contributed by atoms with Crippen molar-refractivity contribution in [2.45, 2.75) is 39.3 Å². The van der Waals surface area contributed by atoms with E-state index in [-0.39, 0.29) is 0 Å². The number of methoxy groups -OCH3 is 1. The van der Waals surface area contributed by atoms with Crippen LogP contribution in [0.3, 0.4) is 0 Å². The maximum absolute atomic E-state index is 5.26. The van der Waals surface area contributed by atoms with E-state index in [4.69, 9.17) is 9.73 Å². The summed E-state index contributed by atoms with van der Waals surface area (Å²) in [6.45, 7) is 6.29. The van der Waals surface area contributed by atoms with Gasteiger partial charge in [-0.05, 0) is 41.7 Å². The first-order valence-electron chi connectivity index (χ1n) is 11.4. The van der Waals surface area contributed by atoms with Gasteiger partial charge in [0.05, 0.1) is 7.11 Å². The summed E-state index contributed by atoms with van der Waals surface area (Å²) in [6, 6.07) is 16.9. The topological polar surface area (TPSA) is 67.6 Å². The average Bonchev–Trinajstić information content (AvgIpc) is 3.30. The van der Waals surface area contributed by atoms with Crippen molar-refractivity contribution in [1.82, 2.24) is 25.0 Å². The maximum atomic E-state index is 5.26. The van der Waals surface area contributed by atoms with Gasteiger partial charge in [-0.25, -0.2) is 0 Å². The van der Waals surface area contributed by atoms with E-state index in [1.807, 2.05) is 12.1 Å². The number of fused-ring (bicyclic) bond motifs is 1. The first-order valence-corrected chi connectivity index (χ1v) is 11.4. The molecule has 2 heterocycles. The lowest BCUT2D eigenvalue weighted by Crippen LogP contribution is -2.45. The van der Waals surface area contributed by atoms with Gasteiger partial charge in [0.25, 0.3) is 0 Å². The molecule has 0 fully saturated rings. The van der Waals surface area contributed by atoms with Gasteiger partial charge in [-0.15, -0.1) is 10.2 Å². The number of aryl methyl sites for hydroxylation is 1. The molecule has 1 N–H and O–H groups in total. The van der Waals surface area contributed by atoms with E-state index in [9.17, 15) is 0 Å². The molecule has 4 rings (SSSR count). The number of benzene rings is 2. The highest BCUT2D eigenvalue weighted by Crippen LogP contribution is 2.18. The van der Waals surface area contributed by atoms with Crippen LogP contribution in [0.4, 0.5) is 0 Å². The second-order valence-corrected chi connectivity index (χ2v) is 7.96. The highest BCUT2D eigenvalue weighted by molar-refractivity contribution is 5.80. The number of nitrogens with one attached hydrogen (secondary N) is 1. The van der Waals surface area contributed by atoms with Crippen molar-refractivity contribution in [1.29, 1.82) is 0 Å². The number of aromatic nitrogens is 3. The van der Waals surface area contributed by atoms with Crippen molar-refractivity contribution in [3.8, 4) is 5.75 Å². The summed E-state index contributed by atoms with van der Waals surface area (Å²) in [5.74, 6) is 2.86. The van der Waals surface area contributed by atoms with Gasteiger partial charge in [0.15, 0.2) is 5.96 Å². The summed E-state index contributed by atoms with van der Waals surface area (Å²) in [5.41, 5.74) is 4.09. The summed E-state index contributed by atoms with van der Waals surface area (Å²) in [5, 5.41) is 11.8. The summed E-state index contributed by atoms with van der Waals surface area (Å²) >= 11 is 0. The predicted octanol–water partition coefficient (Wildman–Crippen LogP) is 3.10. The Morgan fingerprint density at radius 1 is 1.12 bits per heavy atom. The van der Waals surface area contributed by atoms with Crippen molar-refractivity contribution in [3.05, 3.63) is 77.4 Å². The van der Waals surface area contributed by atoms with Crippen LogP contribution in [0.2, 0.25) is 0 Å². The van der Waals surface area contributed by atoms with Crippen LogP contribution < -0.4 is 10.1 Å². The first kappa shape index (κ1) is 21.9. The van der Waals surface area contributed by atoms with E-state index in [2.05, 4.69) is 68.3 Å². The van der Waals surface area contributed by atoms with E-state index < -0.39 is 0 Å². The van der Waals surface area contributed by atoms with Gasteiger partial charge in [-0.3, -0.25) is 4.99 Å². The molecular formula is C25H32N6O. The monoisotopic (exact) mass is 432 g/mol. The van der Waals surface area contributed by atoms with Crippen molar-refractivity contribution in [2.75, 3.05) is 26.7 Å². The zero-order valence-electron chi connectivity index (χ0n) is 19.0. The molecule has 0 aliphatic carbocycles. The van der Waals surface area contributed by atoms with Crippen LogP contribution in [0.25, 0.3) is 0 Å². The highest BCUT2D eigenvalue weighted by Gasteiger charge is 2.19. The number of guanidine groups is 1. The third-order valence-electron chi connectivity index (χ3n) is 5.90. The fourth-order valence-electron chi connectivity index (χ4n) is 4.05. The van der Waals surface area contributed by atoms with Gasteiger partial charge >= 0.3 is 0 Å². The van der Waals surface area contributed by atoms with Crippen LogP contribution in [0.1, 0.15) is 29.4 Å². The minimum absolute atomic E-state index is 0.736. The Hall–Kier alpha value is -3.35. The molecule has 32 heavy (non-hydrogen) atoms. The fraction of sp³-hybridized carbons (Fsp3) is 0.400. The molecule has 0 spiro atoms. The number of rotatable bonds is 8. The number of aliphatic imine (C=N–C) groups is 1. The standard InChI is InChI=1S/C25H32N6O/c1-3-24-29-28-19-31(24)17-15-27-25(26-14-12-20-8-10-23(32-2)11-9-20)30-16-13-21-6-4-5-7-22(21)18-30/h4-11,19H,3,12-18H2,1-2H3,(H,26,27). The minimum atomic E-state index is 0.736. The summed E-state index contributed by atoms with van der Waals surface area (Å²) in [7, 11) is 1.69. The highest BCUT2D eigenvalue weighted by atomic mass is 16.5. The molecule has 7 nitrogen and oxygen atoms in total. The quantitative estimate of drug-likeness (QED) is 0.438. The molecule has 0 saturated carbocycles. The number of ether oxygens (including phenoxy) is 1. The Bertz CT molecular complexity index is 1030. The van der Waals surface area contributed by atoms with Crippen LogP contribution in [-0.2, 0) is 32.4 Å². The Kier molecular flexibility index (Phi) is 7.38. The van der Waals surface area contributed by atoms with Gasteiger partial charge in [-0.1, -0.05) is 43.3 Å². The van der Waals surface area contributed by atoms with E-state index in [0.717, 1.165) is 69.5 Å². The first-order chi connectivity index (χ1) is 15.8. The molecule has 0 saturated heterocycles. The van der Waals surface area contributed by atoms with Gasteiger partial charge in [0.2, 0.25) is 0 Å². The van der Waals surface area contributed by atoms with Gasteiger partial charge in [0, 0.05) is 39.1 Å². The van der Waals surface area contributed by atoms with E-state index in [1.54, 1.807) is 13.4 Å². The van der Waals surface area contributed by atoms with Gasteiger partial charge < -0.3 is 19.5 Å². The number of hydrogen-bond donors (Lipinski definition) is 1. The lowest BCUT2D eigenvalue weighted by atomic mass is 10.0. The largest absolute Gasteiger partial charge is 0.497 e. The van der Waals surface area contributed by atoms with Crippen molar-refractivity contribution >= 4 is 5.96 Å². The van der Waals surface area contributed by atoms with Crippen LogP contribution >= 0.6 is 0 Å². The van der Waals surface area contributed by atoms with Crippen molar-refractivity contribution < 1.29 is 4.74 Å². The third-order valence-corrected chi connectivity index (χ3v) is 5.90. The summed E-state index contributed by atoms with van der Waals surface area (Å²) < 4.78 is 7.36. The predicted molar refractivity (Wildman–Crippen MR) is 127 cm³/mol. The van der Waals surface area contributed by atoms with Gasteiger partial charge in [-0.2, -0.15) is 0 Å². The second kappa shape index (κ2) is 10.8. The van der Waals surface area contributed by atoms with Crippen LogP contribution in [0.15, 0.2) is 59.9 Å². The fourth-order valence-corrected chi connectivity index (χ4v) is 4.05. The molecule has 0 bridgehead atoms. The molecular weight excluding hydrogens is 400 g/mol. The number of hydrogen-bond acceptors (Lipinski definition) is 4. The Labute approximate surface area is 190 Å². The summed E-state index contributed by atoms with van der Waals surface area (Å²) in [4.78, 5) is 7.34. The van der Waals surface area contributed by atoms with Crippen molar-refractivity contribution in [2.24, 2.45) is 4.99 Å². The molecule has 3 aromatic rings. The molecule has 0 unspecified atom stereocenters. The molecule has 1 aromatic heterocycles. The SMILES string of the molecule is CCc1nncn1CCNC(=NCCc1ccc(OC)cc1)N1CCc2ccccc2C1.